The Hall–Kier alpha value is -1.13. The zero-order valence-electron chi connectivity index (χ0n) is 8.67. The number of rotatable bonds is 4. The number of aldehydes is 1. The molecule has 0 spiro atoms. The zero-order chi connectivity index (χ0) is 11.2. The minimum absolute atomic E-state index is 0.0251. The third-order valence-corrected chi connectivity index (χ3v) is 1.29. The molecule has 0 aromatic rings. The van der Waals surface area contributed by atoms with Gasteiger partial charge in [0.1, 0.15) is 11.9 Å². The van der Waals surface area contributed by atoms with Gasteiger partial charge in [0, 0.05) is 6.42 Å². The molecule has 14 heavy (non-hydrogen) atoms. The minimum Gasteiger partial charge on any atom is -0.444 e. The van der Waals surface area contributed by atoms with Crippen molar-refractivity contribution in [2.24, 2.45) is 0 Å². The van der Waals surface area contributed by atoms with Crippen molar-refractivity contribution in [3.8, 4) is 0 Å². The third-order valence-electron chi connectivity index (χ3n) is 1.29. The van der Waals surface area contributed by atoms with Crippen molar-refractivity contribution in [1.82, 2.24) is 5.32 Å². The van der Waals surface area contributed by atoms with Crippen LogP contribution in [0.1, 0.15) is 27.2 Å². The number of nitrogens with one attached hydrogen (secondary N) is 1. The molecule has 0 saturated carbocycles. The summed E-state index contributed by atoms with van der Waals surface area (Å²) in [5.74, 6) is 0. The molecule has 0 saturated heterocycles. The van der Waals surface area contributed by atoms with Crippen LogP contribution in [-0.4, -0.2) is 30.7 Å². The number of alkyl halides is 1. The summed E-state index contributed by atoms with van der Waals surface area (Å²) in [4.78, 5) is 21.4. The molecule has 0 bridgehead atoms. The summed E-state index contributed by atoms with van der Waals surface area (Å²) in [5, 5.41) is 2.25. The number of hydrogen-bond donors (Lipinski definition) is 1. The van der Waals surface area contributed by atoms with Crippen LogP contribution in [0.3, 0.4) is 0 Å². The third kappa shape index (κ3) is 6.39. The molecule has 1 amide bonds. The predicted octanol–water partition coefficient (Wildman–Crippen LogP) is 1.44. The lowest BCUT2D eigenvalue weighted by molar-refractivity contribution is -0.109. The fourth-order valence-electron chi connectivity index (χ4n) is 0.751. The van der Waals surface area contributed by atoms with Gasteiger partial charge in [0.2, 0.25) is 0 Å². The monoisotopic (exact) mass is 205 g/mol. The summed E-state index contributed by atoms with van der Waals surface area (Å²) in [7, 11) is 0. The van der Waals surface area contributed by atoms with Crippen LogP contribution in [0.15, 0.2) is 0 Å². The molecular formula is C9H16FNO3. The lowest BCUT2D eigenvalue weighted by Crippen LogP contribution is -2.40. The summed E-state index contributed by atoms with van der Waals surface area (Å²) >= 11 is 0. The number of alkyl carbamates (subject to hydrolysis) is 1. The second-order valence-corrected chi connectivity index (χ2v) is 3.87. The normalized spacial score (nSPS) is 13.1. The Balaban J connectivity index is 3.97. The Morgan fingerprint density at radius 1 is 1.57 bits per heavy atom. The van der Waals surface area contributed by atoms with Crippen LogP contribution >= 0.6 is 0 Å². The molecule has 0 heterocycles. The van der Waals surface area contributed by atoms with Crippen LogP contribution in [0.4, 0.5) is 9.18 Å². The number of ether oxygens (including phenoxy) is 1. The highest BCUT2D eigenvalue weighted by atomic mass is 19.1. The number of hydrogen-bond acceptors (Lipinski definition) is 3. The molecule has 1 atom stereocenters. The largest absolute Gasteiger partial charge is 0.444 e. The molecule has 0 aromatic carbocycles. The second-order valence-electron chi connectivity index (χ2n) is 3.87. The lowest BCUT2D eigenvalue weighted by Gasteiger charge is -2.21. The molecule has 4 nitrogen and oxygen atoms in total. The molecule has 82 valence electrons. The topological polar surface area (TPSA) is 55.4 Å². The maximum atomic E-state index is 11.9. The first-order valence-corrected chi connectivity index (χ1v) is 4.40. The van der Waals surface area contributed by atoms with Crippen LogP contribution in [0.2, 0.25) is 0 Å². The van der Waals surface area contributed by atoms with E-state index in [4.69, 9.17) is 4.74 Å². The highest BCUT2D eigenvalue weighted by Gasteiger charge is 2.18. The van der Waals surface area contributed by atoms with Crippen LogP contribution in [0, 0.1) is 0 Å². The van der Waals surface area contributed by atoms with Crippen LogP contribution < -0.4 is 5.32 Å². The Labute approximate surface area is 82.8 Å². The first-order chi connectivity index (χ1) is 6.39. The molecule has 0 rings (SSSR count). The summed E-state index contributed by atoms with van der Waals surface area (Å²) < 4.78 is 16.8. The average Bonchev–Trinajstić information content (AvgIpc) is 2.00. The van der Waals surface area contributed by atoms with Crippen molar-refractivity contribution in [2.45, 2.75) is 38.8 Å². The number of carbonyl (C=O) groups is 2. The number of halogens is 1. The van der Waals surface area contributed by atoms with Gasteiger partial charge >= 0.3 is 6.09 Å². The molecule has 0 aromatic heterocycles. The number of carbonyl (C=O) groups excluding carboxylic acids is 2. The Morgan fingerprint density at radius 2 is 2.14 bits per heavy atom. The van der Waals surface area contributed by atoms with E-state index in [2.05, 4.69) is 5.32 Å². The summed E-state index contributed by atoms with van der Waals surface area (Å²) in [6, 6.07) is -0.810. The van der Waals surface area contributed by atoms with Crippen molar-refractivity contribution in [3.05, 3.63) is 0 Å². The smallest absolute Gasteiger partial charge is 0.408 e. The molecule has 1 N–H and O–H groups in total. The zero-order valence-corrected chi connectivity index (χ0v) is 8.67. The van der Waals surface area contributed by atoms with Crippen LogP contribution in [0.5, 0.6) is 0 Å². The Morgan fingerprint density at radius 3 is 2.50 bits per heavy atom. The Kier molecular flexibility index (Phi) is 5.12. The molecule has 0 unspecified atom stereocenters. The highest BCUT2D eigenvalue weighted by molar-refractivity contribution is 5.73. The maximum absolute atomic E-state index is 11.9. The van der Waals surface area contributed by atoms with E-state index in [-0.39, 0.29) is 6.42 Å². The summed E-state index contributed by atoms with van der Waals surface area (Å²) in [6.07, 6.45) is -0.241. The van der Waals surface area contributed by atoms with Crippen molar-refractivity contribution in [2.75, 3.05) is 6.67 Å². The molecule has 5 heteroatoms. The fraction of sp³-hybridized carbons (Fsp3) is 0.778. The SMILES string of the molecule is CC(C)(C)OC(=O)N[C@@H](C=O)CCF. The first kappa shape index (κ1) is 12.9. The quantitative estimate of drug-likeness (QED) is 0.706. The highest BCUT2D eigenvalue weighted by Crippen LogP contribution is 2.06. The van der Waals surface area contributed by atoms with Gasteiger partial charge in [0.25, 0.3) is 0 Å². The molecule has 0 aliphatic heterocycles. The average molecular weight is 205 g/mol. The van der Waals surface area contributed by atoms with E-state index in [0.29, 0.717) is 6.29 Å². The van der Waals surface area contributed by atoms with E-state index in [0.717, 1.165) is 0 Å². The summed E-state index contributed by atoms with van der Waals surface area (Å²) in [5.41, 5.74) is -0.618. The standard InChI is InChI=1S/C9H16FNO3/c1-9(2,3)14-8(13)11-7(6-12)4-5-10/h6-7H,4-5H2,1-3H3,(H,11,13)/t7-/m1/s1. The van der Waals surface area contributed by atoms with Gasteiger partial charge in [0.15, 0.2) is 0 Å². The molecular weight excluding hydrogens is 189 g/mol. The molecule has 0 fully saturated rings. The van der Waals surface area contributed by atoms with Crippen LogP contribution in [-0.2, 0) is 9.53 Å². The molecule has 0 aliphatic carbocycles. The lowest BCUT2D eigenvalue weighted by atomic mass is 10.2. The fourth-order valence-corrected chi connectivity index (χ4v) is 0.751. The minimum atomic E-state index is -0.810. The predicted molar refractivity (Wildman–Crippen MR) is 49.8 cm³/mol. The summed E-state index contributed by atoms with van der Waals surface area (Å²) in [6.45, 7) is 4.46. The van der Waals surface area contributed by atoms with Crippen molar-refractivity contribution < 1.29 is 18.7 Å². The molecule has 0 radical (unpaired) electrons. The van der Waals surface area contributed by atoms with Gasteiger partial charge in [-0.15, -0.1) is 0 Å². The van der Waals surface area contributed by atoms with Crippen molar-refractivity contribution in [3.63, 3.8) is 0 Å². The van der Waals surface area contributed by atoms with Gasteiger partial charge < -0.3 is 14.8 Å². The van der Waals surface area contributed by atoms with Gasteiger partial charge in [-0.3, -0.25) is 4.39 Å². The van der Waals surface area contributed by atoms with Gasteiger partial charge in [-0.1, -0.05) is 0 Å². The second kappa shape index (κ2) is 5.57. The van der Waals surface area contributed by atoms with Gasteiger partial charge in [-0.25, -0.2) is 4.79 Å². The van der Waals surface area contributed by atoms with E-state index in [1.165, 1.54) is 0 Å². The van der Waals surface area contributed by atoms with Gasteiger partial charge in [-0.05, 0) is 20.8 Å². The van der Waals surface area contributed by atoms with Gasteiger partial charge in [-0.2, -0.15) is 0 Å². The van der Waals surface area contributed by atoms with E-state index in [1.807, 2.05) is 0 Å². The van der Waals surface area contributed by atoms with Crippen molar-refractivity contribution in [1.29, 1.82) is 0 Å². The Bertz CT molecular complexity index is 201. The van der Waals surface area contributed by atoms with E-state index >= 15 is 0 Å². The first-order valence-electron chi connectivity index (χ1n) is 4.40. The van der Waals surface area contributed by atoms with E-state index < -0.39 is 24.4 Å². The number of amides is 1. The van der Waals surface area contributed by atoms with Crippen molar-refractivity contribution >= 4 is 12.4 Å². The van der Waals surface area contributed by atoms with E-state index in [9.17, 15) is 14.0 Å². The molecule has 0 aliphatic rings. The van der Waals surface area contributed by atoms with Gasteiger partial charge in [0.05, 0.1) is 12.7 Å². The van der Waals surface area contributed by atoms with Crippen LogP contribution in [0.25, 0.3) is 0 Å². The van der Waals surface area contributed by atoms with E-state index in [1.54, 1.807) is 20.8 Å². The maximum Gasteiger partial charge on any atom is 0.408 e.